The molecule has 3 aromatic carbocycles. The predicted octanol–water partition coefficient (Wildman–Crippen LogP) is 6.65. The van der Waals surface area contributed by atoms with Gasteiger partial charge < -0.3 is 9.84 Å². The van der Waals surface area contributed by atoms with Crippen LogP contribution in [0.1, 0.15) is 42.0 Å². The van der Waals surface area contributed by atoms with Gasteiger partial charge in [-0.1, -0.05) is 53.7 Å². The fraction of sp³-hybridized carbons (Fsp3) is 0.207. The van der Waals surface area contributed by atoms with Crippen molar-refractivity contribution in [2.24, 2.45) is 0 Å². The third-order valence-electron chi connectivity index (χ3n) is 6.96. The van der Waals surface area contributed by atoms with Gasteiger partial charge >= 0.3 is 6.03 Å². The number of nitrogens with zero attached hydrogens (tertiary/aromatic N) is 3. The largest absolute Gasteiger partial charge is 0.334 e. The van der Waals surface area contributed by atoms with Crippen molar-refractivity contribution in [3.63, 3.8) is 0 Å². The second-order valence-electron chi connectivity index (χ2n) is 9.09. The first-order valence-corrected chi connectivity index (χ1v) is 13.3. The van der Waals surface area contributed by atoms with E-state index in [1.807, 2.05) is 61.7 Å². The highest BCUT2D eigenvalue weighted by molar-refractivity contribution is 7.98. The normalized spacial score (nSPS) is 17.3. The van der Waals surface area contributed by atoms with E-state index in [1.165, 1.54) is 11.1 Å². The average molecular weight is 495 g/mol. The Morgan fingerprint density at radius 1 is 1.00 bits per heavy atom. The monoisotopic (exact) mass is 494 g/mol. The third-order valence-corrected chi connectivity index (χ3v) is 7.71. The Morgan fingerprint density at radius 2 is 1.78 bits per heavy atom. The second kappa shape index (κ2) is 9.32. The van der Waals surface area contributed by atoms with Gasteiger partial charge in [-0.05, 0) is 73.4 Å². The molecule has 0 saturated heterocycles. The number of nitrogens with one attached hydrogen (secondary N) is 1. The van der Waals surface area contributed by atoms with Gasteiger partial charge in [0.2, 0.25) is 5.82 Å². The molecule has 2 aliphatic rings. The molecule has 6 nitrogen and oxygen atoms in total. The summed E-state index contributed by atoms with van der Waals surface area (Å²) in [7, 11) is 0. The Hall–Kier alpha value is -3.84. The number of hydrogen-bond acceptors (Lipinski definition) is 5. The van der Waals surface area contributed by atoms with Gasteiger partial charge in [0, 0.05) is 16.2 Å². The van der Waals surface area contributed by atoms with Crippen LogP contribution in [-0.2, 0) is 12.8 Å². The highest BCUT2D eigenvalue weighted by Crippen LogP contribution is 2.40. The van der Waals surface area contributed by atoms with E-state index in [1.54, 1.807) is 16.7 Å². The van der Waals surface area contributed by atoms with E-state index >= 15 is 0 Å². The summed E-state index contributed by atoms with van der Waals surface area (Å²) in [5.74, 6) is 0.916. The summed E-state index contributed by atoms with van der Waals surface area (Å²) < 4.78 is 5.82. The molecular weight excluding hydrogens is 468 g/mol. The van der Waals surface area contributed by atoms with Gasteiger partial charge in [0.05, 0.1) is 17.3 Å². The maximum Gasteiger partial charge on any atom is 0.326 e. The lowest BCUT2D eigenvalue weighted by Gasteiger charge is -2.35. The number of carbonyl (C=O) groups excluding carboxylic acids is 1. The molecule has 1 aromatic heterocycles. The molecule has 2 amide bonds. The minimum atomic E-state index is -0.414. The molecule has 2 heterocycles. The van der Waals surface area contributed by atoms with Gasteiger partial charge in [-0.2, -0.15) is 4.98 Å². The van der Waals surface area contributed by atoms with Crippen LogP contribution in [0.2, 0.25) is 0 Å². The number of amides is 2. The van der Waals surface area contributed by atoms with Crippen molar-refractivity contribution < 1.29 is 9.32 Å². The SMILES string of the molecule is CSc1ccc(C2NC(=O)N(c3ccc4c(c3)CCC4)C(C)=C2c2nc(-c3ccccc3)no2)cc1. The number of allylic oxidation sites excluding steroid dienone is 1. The number of benzene rings is 3. The molecule has 0 fully saturated rings. The number of rotatable bonds is 5. The Morgan fingerprint density at radius 3 is 2.56 bits per heavy atom. The molecule has 4 aromatic rings. The fourth-order valence-electron chi connectivity index (χ4n) is 5.11. The Labute approximate surface area is 214 Å². The van der Waals surface area contributed by atoms with Crippen LogP contribution in [-0.4, -0.2) is 22.4 Å². The standard InChI is InChI=1S/C29H26N4O2S/c1-18-25(28-31-27(32-35-28)21-7-4-3-5-8-21)26(20-12-15-24(36-2)16-13-20)30-29(34)33(18)23-14-11-19-9-6-10-22(19)17-23/h3-5,7-8,11-17,26H,6,9-10H2,1-2H3,(H,30,34). The van der Waals surface area contributed by atoms with E-state index < -0.39 is 6.04 Å². The van der Waals surface area contributed by atoms with E-state index in [4.69, 9.17) is 9.51 Å². The van der Waals surface area contributed by atoms with Crippen molar-refractivity contribution in [2.45, 2.75) is 37.1 Å². The van der Waals surface area contributed by atoms with Crippen molar-refractivity contribution in [1.82, 2.24) is 15.5 Å². The number of fused-ring (bicyclic) bond motifs is 1. The number of aromatic nitrogens is 2. The molecule has 0 saturated carbocycles. The van der Waals surface area contributed by atoms with Gasteiger partial charge in [0.25, 0.3) is 5.89 Å². The van der Waals surface area contributed by atoms with Crippen LogP contribution in [0.25, 0.3) is 17.0 Å². The van der Waals surface area contributed by atoms with Crippen molar-refractivity contribution in [3.05, 3.63) is 101 Å². The lowest BCUT2D eigenvalue weighted by Crippen LogP contribution is -2.46. The summed E-state index contributed by atoms with van der Waals surface area (Å²) in [5.41, 5.74) is 6.94. The minimum absolute atomic E-state index is 0.170. The Bertz CT molecular complexity index is 1460. The van der Waals surface area contributed by atoms with Crippen LogP contribution in [0.5, 0.6) is 0 Å². The first kappa shape index (κ1) is 22.6. The second-order valence-corrected chi connectivity index (χ2v) is 9.97. The molecule has 36 heavy (non-hydrogen) atoms. The fourth-order valence-corrected chi connectivity index (χ4v) is 5.52. The van der Waals surface area contributed by atoms with Crippen LogP contribution in [0, 0.1) is 0 Å². The highest BCUT2D eigenvalue weighted by atomic mass is 32.2. The quantitative estimate of drug-likeness (QED) is 0.315. The summed E-state index contributed by atoms with van der Waals surface area (Å²) in [6.07, 6.45) is 5.34. The summed E-state index contributed by atoms with van der Waals surface area (Å²) in [5, 5.41) is 7.47. The molecule has 1 N–H and O–H groups in total. The predicted molar refractivity (Wildman–Crippen MR) is 143 cm³/mol. The highest BCUT2D eigenvalue weighted by Gasteiger charge is 2.36. The lowest BCUT2D eigenvalue weighted by molar-refractivity contribution is 0.244. The smallest absolute Gasteiger partial charge is 0.326 e. The minimum Gasteiger partial charge on any atom is -0.334 e. The molecule has 1 aliphatic carbocycles. The topological polar surface area (TPSA) is 71.3 Å². The van der Waals surface area contributed by atoms with Crippen LogP contribution < -0.4 is 10.2 Å². The zero-order chi connectivity index (χ0) is 24.6. The van der Waals surface area contributed by atoms with Crippen molar-refractivity contribution >= 4 is 29.1 Å². The molecule has 0 bridgehead atoms. The van der Waals surface area contributed by atoms with Crippen molar-refractivity contribution in [1.29, 1.82) is 0 Å². The van der Waals surface area contributed by atoms with Gasteiger partial charge in [0.1, 0.15) is 0 Å². The van der Waals surface area contributed by atoms with Crippen LogP contribution in [0.15, 0.2) is 87.9 Å². The molecule has 1 aliphatic heterocycles. The summed E-state index contributed by atoms with van der Waals surface area (Å²) in [6.45, 7) is 1.96. The van der Waals surface area contributed by atoms with Gasteiger partial charge in [0.15, 0.2) is 0 Å². The summed E-state index contributed by atoms with van der Waals surface area (Å²) in [4.78, 5) is 21.2. The molecule has 6 rings (SSSR count). The van der Waals surface area contributed by atoms with Crippen LogP contribution >= 0.6 is 11.8 Å². The molecule has 180 valence electrons. The molecule has 1 atom stereocenters. The number of urea groups is 1. The number of aryl methyl sites for hydroxylation is 2. The molecule has 0 spiro atoms. The molecule has 7 heteroatoms. The number of carbonyl (C=O) groups is 1. The number of anilines is 1. The average Bonchev–Trinajstić information content (AvgIpc) is 3.59. The third kappa shape index (κ3) is 3.99. The zero-order valence-corrected chi connectivity index (χ0v) is 21.0. The van der Waals surface area contributed by atoms with Gasteiger partial charge in [-0.15, -0.1) is 11.8 Å². The van der Waals surface area contributed by atoms with Crippen molar-refractivity contribution in [2.75, 3.05) is 11.2 Å². The molecule has 0 radical (unpaired) electrons. The number of hydrogen-bond donors (Lipinski definition) is 1. The van der Waals surface area contributed by atoms with Crippen LogP contribution in [0.3, 0.4) is 0 Å². The van der Waals surface area contributed by atoms with Crippen LogP contribution in [0.4, 0.5) is 10.5 Å². The van der Waals surface area contributed by atoms with E-state index in [0.717, 1.165) is 52.2 Å². The van der Waals surface area contributed by atoms with Gasteiger partial charge in [-0.3, -0.25) is 4.90 Å². The first-order valence-electron chi connectivity index (χ1n) is 12.1. The Balaban J connectivity index is 1.48. The molecule has 1 unspecified atom stereocenters. The van der Waals surface area contributed by atoms with Gasteiger partial charge in [-0.25, -0.2) is 4.79 Å². The van der Waals surface area contributed by atoms with E-state index in [0.29, 0.717) is 11.7 Å². The van der Waals surface area contributed by atoms with E-state index in [2.05, 4.69) is 34.7 Å². The summed E-state index contributed by atoms with van der Waals surface area (Å²) >= 11 is 1.68. The maximum atomic E-state index is 13.5. The summed E-state index contributed by atoms with van der Waals surface area (Å²) in [6, 6.07) is 23.7. The first-order chi connectivity index (χ1) is 17.6. The van der Waals surface area contributed by atoms with E-state index in [-0.39, 0.29) is 6.03 Å². The molecular formula is C29H26N4O2S. The zero-order valence-electron chi connectivity index (χ0n) is 20.2. The van der Waals surface area contributed by atoms with E-state index in [9.17, 15) is 4.79 Å². The maximum absolute atomic E-state index is 13.5. The lowest BCUT2D eigenvalue weighted by atomic mass is 9.94. The number of thioether (sulfide) groups is 1. The van der Waals surface area contributed by atoms with Crippen molar-refractivity contribution in [3.8, 4) is 11.4 Å². The Kier molecular flexibility index (Phi) is 5.85.